The molecule has 0 atom stereocenters. The van der Waals surface area contributed by atoms with E-state index in [2.05, 4.69) is 166 Å². The van der Waals surface area contributed by atoms with Gasteiger partial charge in [0.1, 0.15) is 0 Å². The van der Waals surface area contributed by atoms with E-state index in [1.165, 1.54) is 199 Å². The first kappa shape index (κ1) is 51.8. The van der Waals surface area contributed by atoms with Gasteiger partial charge < -0.3 is 19.6 Å². The van der Waals surface area contributed by atoms with Crippen LogP contribution in [0.2, 0.25) is 0 Å². The molecule has 4 heteroatoms. The van der Waals surface area contributed by atoms with Crippen molar-refractivity contribution in [1.29, 1.82) is 0 Å². The molecule has 5 aromatic rings. The van der Waals surface area contributed by atoms with Crippen LogP contribution in [0.5, 0.6) is 0 Å². The maximum Gasteiger partial charge on any atom is 0.0766 e. The van der Waals surface area contributed by atoms with Crippen molar-refractivity contribution >= 4 is 0 Å². The lowest BCUT2D eigenvalue weighted by Crippen LogP contribution is -3.05. The molecule has 0 saturated heterocycles. The Kier molecular flexibility index (Phi) is 19.2. The van der Waals surface area contributed by atoms with Crippen LogP contribution in [0.3, 0.4) is 0 Å². The van der Waals surface area contributed by atoms with Crippen LogP contribution in [-0.4, -0.2) is 82.6 Å². The van der Waals surface area contributed by atoms with E-state index in [1.54, 1.807) is 41.9 Å². The lowest BCUT2D eigenvalue weighted by Gasteiger charge is -2.33. The van der Waals surface area contributed by atoms with Gasteiger partial charge in [0.15, 0.2) is 0 Å². The molecule has 0 saturated carbocycles. The minimum absolute atomic E-state index is 0.0796. The fourth-order valence-electron chi connectivity index (χ4n) is 12.5. The quantitative estimate of drug-likeness (QED) is 0.0329. The van der Waals surface area contributed by atoms with Crippen LogP contribution in [0.4, 0.5) is 0 Å². The third-order valence-electron chi connectivity index (χ3n) is 16.2. The Hall–Kier alpha value is -4.06. The highest BCUT2D eigenvalue weighted by Crippen LogP contribution is 2.56. The number of rotatable bonds is 30. The number of hydrogen-bond acceptors (Lipinski definition) is 0. The van der Waals surface area contributed by atoms with E-state index in [4.69, 9.17) is 0 Å². The summed E-state index contributed by atoms with van der Waals surface area (Å²) in [5, 5.41) is 0. The van der Waals surface area contributed by atoms with Crippen molar-refractivity contribution in [3.8, 4) is 44.5 Å². The molecule has 4 N–H and O–H groups in total. The smallest absolute Gasteiger partial charge is 0.0766 e. The number of hydrogen-bond donors (Lipinski definition) is 4. The average Bonchev–Trinajstić information content (AvgIpc) is 3.76. The molecule has 2 aliphatic carbocycles. The Balaban J connectivity index is 1.16. The van der Waals surface area contributed by atoms with Gasteiger partial charge in [0.05, 0.1) is 82.6 Å². The zero-order chi connectivity index (χ0) is 47.9. The number of quaternary nitrogens is 4. The number of nitrogens with one attached hydrogen (secondary N) is 4. The van der Waals surface area contributed by atoms with Gasteiger partial charge in [-0.05, 0) is 156 Å². The van der Waals surface area contributed by atoms with Crippen LogP contribution in [0.15, 0.2) is 109 Å². The summed E-state index contributed by atoms with van der Waals surface area (Å²) < 4.78 is 0. The van der Waals surface area contributed by atoms with Crippen LogP contribution in [-0.2, 0) is 10.8 Å². The van der Waals surface area contributed by atoms with E-state index < -0.39 is 0 Å². The van der Waals surface area contributed by atoms with Gasteiger partial charge in [0.25, 0.3) is 0 Å². The number of unbranched alkanes of at least 4 members (excludes halogenated alkanes) is 12. The summed E-state index contributed by atoms with van der Waals surface area (Å²) >= 11 is 0. The summed E-state index contributed by atoms with van der Waals surface area (Å²) in [6.07, 6.45) is 26.1. The lowest BCUT2D eigenvalue weighted by molar-refractivity contribution is -0.858. The molecule has 0 spiro atoms. The molecule has 2 aliphatic rings. The minimum atomic E-state index is 0.0796. The summed E-state index contributed by atoms with van der Waals surface area (Å²) in [5.74, 6) is 0. The fraction of sp³-hybridized carbons (Fsp3) is 0.531. The minimum Gasteiger partial charge on any atom is -0.340 e. The second kappa shape index (κ2) is 25.2. The average molecular weight is 919 g/mol. The van der Waals surface area contributed by atoms with Crippen LogP contribution in [0.25, 0.3) is 44.5 Å². The van der Waals surface area contributed by atoms with Crippen molar-refractivity contribution < 1.29 is 19.6 Å². The highest BCUT2D eigenvalue weighted by molar-refractivity contribution is 5.86. The van der Waals surface area contributed by atoms with Crippen LogP contribution in [0.1, 0.15) is 151 Å². The van der Waals surface area contributed by atoms with Gasteiger partial charge in [-0.15, -0.1) is 0 Å². The molecule has 0 unspecified atom stereocenters. The van der Waals surface area contributed by atoms with Crippen molar-refractivity contribution in [3.05, 3.63) is 131 Å². The monoisotopic (exact) mass is 919 g/mol. The van der Waals surface area contributed by atoms with E-state index in [0.29, 0.717) is 0 Å². The van der Waals surface area contributed by atoms with Gasteiger partial charge >= 0.3 is 0 Å². The molecular formula is C64H94N4+4. The molecule has 0 aromatic heterocycles. The summed E-state index contributed by atoms with van der Waals surface area (Å²) in [6.45, 7) is 5.08. The maximum atomic E-state index is 2.62. The second-order valence-electron chi connectivity index (χ2n) is 22.8. The zero-order valence-corrected chi connectivity index (χ0v) is 44.4. The summed E-state index contributed by atoms with van der Waals surface area (Å²) in [5.41, 5.74) is 17.8. The molecule has 0 fully saturated rings. The molecule has 5 aromatic carbocycles. The predicted octanol–water partition coefficient (Wildman–Crippen LogP) is 9.93. The van der Waals surface area contributed by atoms with E-state index in [9.17, 15) is 0 Å². The van der Waals surface area contributed by atoms with Gasteiger partial charge in [-0.3, -0.25) is 0 Å². The van der Waals surface area contributed by atoms with E-state index in [1.807, 2.05) is 0 Å². The summed E-state index contributed by atoms with van der Waals surface area (Å²) in [6, 6.07) is 43.6. The summed E-state index contributed by atoms with van der Waals surface area (Å²) in [4.78, 5) is 6.27. The highest BCUT2D eigenvalue weighted by atomic mass is 15.1. The van der Waals surface area contributed by atoms with Gasteiger partial charge in [0.2, 0.25) is 0 Å². The largest absolute Gasteiger partial charge is 0.340 e. The Morgan fingerprint density at radius 2 is 0.529 bits per heavy atom. The summed E-state index contributed by atoms with van der Waals surface area (Å²) in [7, 11) is 18.3. The molecule has 366 valence electrons. The van der Waals surface area contributed by atoms with Gasteiger partial charge in [-0.25, -0.2) is 0 Å². The first-order chi connectivity index (χ1) is 33.0. The molecule has 7 rings (SSSR count). The normalized spacial score (nSPS) is 14.3. The van der Waals surface area contributed by atoms with Gasteiger partial charge in [0, 0.05) is 10.8 Å². The van der Waals surface area contributed by atoms with Crippen molar-refractivity contribution in [1.82, 2.24) is 0 Å². The first-order valence-electron chi connectivity index (χ1n) is 27.8. The lowest BCUT2D eigenvalue weighted by atomic mass is 9.70. The molecule has 0 aliphatic heterocycles. The SMILES string of the molecule is C[NH+](C)CCCCCCC1(CCCCCC[NH+](C)C)c2ccccc2-c2ccc(-c3ccc(-c4ccc5c(c4)C(CCCCCC[NH+](C)C)(CCCCCC[NH+](C)C)c4ccccc4-5)cc3)cc21. The topological polar surface area (TPSA) is 17.8 Å². The third kappa shape index (κ3) is 12.8. The second-order valence-corrected chi connectivity index (χ2v) is 22.8. The highest BCUT2D eigenvalue weighted by Gasteiger charge is 2.43. The molecule has 0 heterocycles. The van der Waals surface area contributed by atoms with Gasteiger partial charge in [-0.2, -0.15) is 0 Å². The Morgan fingerprint density at radius 1 is 0.265 bits per heavy atom. The number of fused-ring (bicyclic) bond motifs is 6. The Bertz CT molecular complexity index is 2100. The van der Waals surface area contributed by atoms with E-state index >= 15 is 0 Å². The first-order valence-corrected chi connectivity index (χ1v) is 27.8. The van der Waals surface area contributed by atoms with Crippen LogP contribution < -0.4 is 19.6 Å². The van der Waals surface area contributed by atoms with Crippen molar-refractivity contribution in [2.45, 2.75) is 139 Å². The fourth-order valence-corrected chi connectivity index (χ4v) is 12.5. The van der Waals surface area contributed by atoms with Gasteiger partial charge in [-0.1, -0.05) is 148 Å². The van der Waals surface area contributed by atoms with Crippen LogP contribution in [0, 0.1) is 0 Å². The molecule has 0 bridgehead atoms. The van der Waals surface area contributed by atoms with Crippen molar-refractivity contribution in [3.63, 3.8) is 0 Å². The van der Waals surface area contributed by atoms with Crippen LogP contribution >= 0.6 is 0 Å². The molecule has 4 nitrogen and oxygen atoms in total. The standard InChI is InChI=1S/C64H90N4/c1-65(2)45-25-13-9-21-41-63(42-22-10-14-26-46-66(3)4)59-31-19-17-29-55(59)57-39-37-53(49-61(57)63)51-33-35-52(36-34-51)54-38-40-58-56-30-18-20-32-60(56)64(62(58)50-54,43-23-11-15-27-47-67(5)6)44-24-12-16-28-48-68(7)8/h17-20,29-40,49-50H,9-16,21-28,41-48H2,1-8H3/p+4. The Labute approximate surface area is 415 Å². The van der Waals surface area contributed by atoms with E-state index in [-0.39, 0.29) is 10.8 Å². The number of benzene rings is 5. The molecular weight excluding hydrogens is 825 g/mol. The molecule has 0 amide bonds. The Morgan fingerprint density at radius 3 is 0.838 bits per heavy atom. The van der Waals surface area contributed by atoms with Crippen molar-refractivity contribution in [2.75, 3.05) is 82.6 Å². The van der Waals surface area contributed by atoms with Crippen molar-refractivity contribution in [2.24, 2.45) is 0 Å². The molecule has 68 heavy (non-hydrogen) atoms. The maximum absolute atomic E-state index is 2.62. The van der Waals surface area contributed by atoms with E-state index in [0.717, 1.165) is 0 Å². The predicted molar refractivity (Wildman–Crippen MR) is 293 cm³/mol. The third-order valence-corrected chi connectivity index (χ3v) is 16.2. The zero-order valence-electron chi connectivity index (χ0n) is 44.4. The molecule has 0 radical (unpaired) electrons.